The maximum absolute atomic E-state index is 12.6. The van der Waals surface area contributed by atoms with Crippen molar-refractivity contribution in [3.05, 3.63) is 36.7 Å². The van der Waals surface area contributed by atoms with Crippen molar-refractivity contribution in [2.45, 2.75) is 4.90 Å². The van der Waals surface area contributed by atoms with Crippen LogP contribution in [-0.4, -0.2) is 47.3 Å². The number of sulfonamides is 1. The van der Waals surface area contributed by atoms with Gasteiger partial charge in [-0.15, -0.1) is 0 Å². The maximum Gasteiger partial charge on any atom is 0.243 e. The van der Waals surface area contributed by atoms with Crippen molar-refractivity contribution in [3.63, 3.8) is 0 Å². The monoisotopic (exact) mass is 336 g/mol. The molecule has 22 heavy (non-hydrogen) atoms. The van der Waals surface area contributed by atoms with E-state index >= 15 is 0 Å². The standard InChI is InChI=1S/C14H16N4O2S2/c15-14-10-16-13(9-17-14)11-1-3-12(4-2-11)22(19,20)18-5-7-21-8-6-18/h1-4,9-10H,5-8H2,(H2,15,17). The molecule has 2 aromatic rings. The van der Waals surface area contributed by atoms with Crippen molar-refractivity contribution < 1.29 is 8.42 Å². The molecule has 0 spiro atoms. The molecule has 0 atom stereocenters. The second kappa shape index (κ2) is 6.23. The van der Waals surface area contributed by atoms with Crippen molar-refractivity contribution in [2.24, 2.45) is 0 Å². The van der Waals surface area contributed by atoms with Gasteiger partial charge in [0.2, 0.25) is 10.0 Å². The number of nitrogen functional groups attached to an aromatic ring is 1. The molecule has 8 heteroatoms. The second-order valence-corrected chi connectivity index (χ2v) is 8.03. The van der Waals surface area contributed by atoms with Gasteiger partial charge in [-0.1, -0.05) is 12.1 Å². The fourth-order valence-corrected chi connectivity index (χ4v) is 4.80. The Morgan fingerprint density at radius 3 is 2.32 bits per heavy atom. The molecule has 0 saturated carbocycles. The Kier molecular flexibility index (Phi) is 4.32. The lowest BCUT2D eigenvalue weighted by molar-refractivity contribution is 0.443. The van der Waals surface area contributed by atoms with Crippen molar-refractivity contribution in [1.82, 2.24) is 14.3 Å². The summed E-state index contributed by atoms with van der Waals surface area (Å²) in [4.78, 5) is 8.48. The summed E-state index contributed by atoms with van der Waals surface area (Å²) in [6.07, 6.45) is 3.05. The molecule has 0 bridgehead atoms. The van der Waals surface area contributed by atoms with Gasteiger partial charge in [-0.25, -0.2) is 13.4 Å². The average molecular weight is 336 g/mol. The van der Waals surface area contributed by atoms with E-state index in [2.05, 4.69) is 9.97 Å². The molecule has 116 valence electrons. The molecule has 6 nitrogen and oxygen atoms in total. The largest absolute Gasteiger partial charge is 0.382 e. The van der Waals surface area contributed by atoms with Crippen molar-refractivity contribution in [2.75, 3.05) is 30.3 Å². The zero-order valence-corrected chi connectivity index (χ0v) is 13.5. The first-order chi connectivity index (χ1) is 10.6. The fourth-order valence-electron chi connectivity index (χ4n) is 2.22. The molecule has 1 aromatic carbocycles. The second-order valence-electron chi connectivity index (χ2n) is 4.87. The highest BCUT2D eigenvalue weighted by Gasteiger charge is 2.25. The van der Waals surface area contributed by atoms with E-state index < -0.39 is 10.0 Å². The lowest BCUT2D eigenvalue weighted by Gasteiger charge is -2.25. The van der Waals surface area contributed by atoms with Gasteiger partial charge < -0.3 is 5.73 Å². The first kappa shape index (κ1) is 15.3. The smallest absolute Gasteiger partial charge is 0.243 e. The van der Waals surface area contributed by atoms with E-state index in [1.54, 1.807) is 46.5 Å². The number of thioether (sulfide) groups is 1. The van der Waals surface area contributed by atoms with Crippen LogP contribution in [0.3, 0.4) is 0 Å². The molecule has 0 aliphatic carbocycles. The van der Waals surface area contributed by atoms with Crippen LogP contribution in [0.2, 0.25) is 0 Å². The summed E-state index contributed by atoms with van der Waals surface area (Å²) in [5, 5.41) is 0. The number of hydrogen-bond acceptors (Lipinski definition) is 6. The molecule has 3 rings (SSSR count). The zero-order chi connectivity index (χ0) is 15.6. The van der Waals surface area contributed by atoms with E-state index in [0.717, 1.165) is 17.1 Å². The Hall–Kier alpha value is -1.64. The van der Waals surface area contributed by atoms with Crippen LogP contribution in [-0.2, 0) is 10.0 Å². The Morgan fingerprint density at radius 1 is 1.05 bits per heavy atom. The molecular weight excluding hydrogens is 320 g/mol. The van der Waals surface area contributed by atoms with Crippen molar-refractivity contribution in [3.8, 4) is 11.3 Å². The molecule has 2 N–H and O–H groups in total. The summed E-state index contributed by atoms with van der Waals surface area (Å²) in [6.45, 7) is 1.14. The SMILES string of the molecule is Nc1cnc(-c2ccc(S(=O)(=O)N3CCSCC3)cc2)cn1. The topological polar surface area (TPSA) is 89.2 Å². The molecule has 1 aliphatic heterocycles. The Balaban J connectivity index is 1.86. The lowest BCUT2D eigenvalue weighted by Crippen LogP contribution is -2.37. The molecule has 1 saturated heterocycles. The maximum atomic E-state index is 12.6. The van der Waals surface area contributed by atoms with Gasteiger partial charge in [0.25, 0.3) is 0 Å². The molecule has 0 unspecified atom stereocenters. The summed E-state index contributed by atoms with van der Waals surface area (Å²) in [6, 6.07) is 6.71. The third-order valence-corrected chi connectivity index (χ3v) is 6.29. The number of rotatable bonds is 3. The number of nitrogens with zero attached hydrogens (tertiary/aromatic N) is 3. The lowest BCUT2D eigenvalue weighted by atomic mass is 10.2. The molecular formula is C14H16N4O2S2. The fraction of sp³-hybridized carbons (Fsp3) is 0.286. The molecule has 1 fully saturated rings. The Labute approximate surface area is 133 Å². The van der Waals surface area contributed by atoms with Crippen molar-refractivity contribution >= 4 is 27.6 Å². The highest BCUT2D eigenvalue weighted by atomic mass is 32.2. The van der Waals surface area contributed by atoms with Crippen LogP contribution in [0.15, 0.2) is 41.6 Å². The van der Waals surface area contributed by atoms with Gasteiger partial charge in [0, 0.05) is 30.2 Å². The highest BCUT2D eigenvalue weighted by molar-refractivity contribution is 7.99. The van der Waals surface area contributed by atoms with Crippen LogP contribution in [0.25, 0.3) is 11.3 Å². The van der Waals surface area contributed by atoms with E-state index in [0.29, 0.717) is 29.5 Å². The Bertz CT molecular complexity index is 739. The quantitative estimate of drug-likeness (QED) is 0.913. The summed E-state index contributed by atoms with van der Waals surface area (Å²) < 4.78 is 26.6. The Morgan fingerprint density at radius 2 is 1.73 bits per heavy atom. The summed E-state index contributed by atoms with van der Waals surface area (Å²) >= 11 is 1.78. The molecule has 0 amide bonds. The van der Waals surface area contributed by atoms with Crippen LogP contribution < -0.4 is 5.73 Å². The third-order valence-electron chi connectivity index (χ3n) is 3.43. The predicted octanol–water partition coefficient (Wildman–Crippen LogP) is 1.46. The highest BCUT2D eigenvalue weighted by Crippen LogP contribution is 2.23. The summed E-state index contributed by atoms with van der Waals surface area (Å²) in [5.41, 5.74) is 6.97. The number of nitrogens with two attached hydrogens (primary N) is 1. The van der Waals surface area contributed by atoms with Gasteiger partial charge >= 0.3 is 0 Å². The van der Waals surface area contributed by atoms with Crippen LogP contribution in [0.5, 0.6) is 0 Å². The average Bonchev–Trinajstić information content (AvgIpc) is 2.56. The van der Waals surface area contributed by atoms with E-state index in [4.69, 9.17) is 5.73 Å². The molecule has 1 aromatic heterocycles. The van der Waals surface area contributed by atoms with E-state index in [9.17, 15) is 8.42 Å². The minimum Gasteiger partial charge on any atom is -0.382 e. The first-order valence-corrected chi connectivity index (χ1v) is 9.43. The van der Waals surface area contributed by atoms with Crippen LogP contribution in [0, 0.1) is 0 Å². The van der Waals surface area contributed by atoms with Gasteiger partial charge in [-0.05, 0) is 12.1 Å². The number of benzene rings is 1. The predicted molar refractivity (Wildman–Crippen MR) is 88.0 cm³/mol. The minimum atomic E-state index is -3.40. The zero-order valence-electron chi connectivity index (χ0n) is 11.8. The number of aromatic nitrogens is 2. The molecule has 2 heterocycles. The minimum absolute atomic E-state index is 0.312. The van der Waals surface area contributed by atoms with Gasteiger partial charge in [-0.2, -0.15) is 16.1 Å². The van der Waals surface area contributed by atoms with Crippen LogP contribution in [0.4, 0.5) is 5.82 Å². The first-order valence-electron chi connectivity index (χ1n) is 6.83. The number of anilines is 1. The molecule has 1 aliphatic rings. The van der Waals surface area contributed by atoms with Crippen molar-refractivity contribution in [1.29, 1.82) is 0 Å². The van der Waals surface area contributed by atoms with Gasteiger partial charge in [0.15, 0.2) is 0 Å². The van der Waals surface area contributed by atoms with E-state index in [1.807, 2.05) is 0 Å². The normalized spacial score (nSPS) is 16.5. The van der Waals surface area contributed by atoms with Crippen LogP contribution >= 0.6 is 11.8 Å². The summed E-state index contributed by atoms with van der Waals surface area (Å²) in [5.74, 6) is 2.04. The van der Waals surface area contributed by atoms with Gasteiger partial charge in [-0.3, -0.25) is 4.98 Å². The van der Waals surface area contributed by atoms with Gasteiger partial charge in [0.05, 0.1) is 23.0 Å². The third kappa shape index (κ3) is 3.08. The van der Waals surface area contributed by atoms with E-state index in [1.165, 1.54) is 6.20 Å². The summed E-state index contributed by atoms with van der Waals surface area (Å²) in [7, 11) is -3.40. The number of hydrogen-bond donors (Lipinski definition) is 1. The van der Waals surface area contributed by atoms with Gasteiger partial charge in [0.1, 0.15) is 5.82 Å². The van der Waals surface area contributed by atoms with Crippen LogP contribution in [0.1, 0.15) is 0 Å². The van der Waals surface area contributed by atoms with E-state index in [-0.39, 0.29) is 0 Å². The molecule has 0 radical (unpaired) electrons.